The Bertz CT molecular complexity index is 565. The smallest absolute Gasteiger partial charge is 0.171 e. The van der Waals surface area contributed by atoms with Crippen molar-refractivity contribution in [1.82, 2.24) is 0 Å². The molecule has 5 saturated carbocycles. The van der Waals surface area contributed by atoms with Crippen molar-refractivity contribution in [2.75, 3.05) is 0 Å². The minimum atomic E-state index is -3.97. The van der Waals surface area contributed by atoms with Gasteiger partial charge in [0.15, 0.2) is 0 Å². The average molecular weight is 397 g/mol. The van der Waals surface area contributed by atoms with E-state index >= 15 is 0 Å². The number of rotatable bonds is 4. The van der Waals surface area contributed by atoms with E-state index in [0.717, 1.165) is 42.4 Å². The van der Waals surface area contributed by atoms with Gasteiger partial charge >= 0.3 is 6.18 Å². The number of fused-ring (bicyclic) bond motifs is 5. The third-order valence-electron chi connectivity index (χ3n) is 10.5. The lowest BCUT2D eigenvalue weighted by Crippen LogP contribution is -2.49. The van der Waals surface area contributed by atoms with E-state index in [2.05, 4.69) is 6.92 Å². The first kappa shape index (κ1) is 19.7. The molecule has 0 bridgehead atoms. The molecule has 0 aromatic carbocycles. The molecular formula is C25H39F3. The van der Waals surface area contributed by atoms with Crippen LogP contribution in [0.5, 0.6) is 0 Å². The number of hydrogen-bond acceptors (Lipinski definition) is 0. The summed E-state index contributed by atoms with van der Waals surface area (Å²) in [6.45, 7) is 2.61. The second kappa shape index (κ2) is 7.19. The molecule has 3 heteroatoms. The van der Waals surface area contributed by atoms with Gasteiger partial charge in [-0.05, 0) is 111 Å². The van der Waals surface area contributed by atoms with E-state index in [1.165, 1.54) is 64.2 Å². The molecule has 5 rings (SSSR count). The molecule has 5 aliphatic rings. The highest BCUT2D eigenvalue weighted by Gasteiger charge is 2.57. The summed E-state index contributed by atoms with van der Waals surface area (Å²) in [6, 6.07) is 0. The maximum atomic E-state index is 13.3. The largest absolute Gasteiger partial charge is 0.391 e. The topological polar surface area (TPSA) is 0 Å². The third kappa shape index (κ3) is 3.45. The molecule has 0 N–H and O–H groups in total. The molecule has 0 heterocycles. The van der Waals surface area contributed by atoms with Crippen LogP contribution in [0.25, 0.3) is 0 Å². The third-order valence-corrected chi connectivity index (χ3v) is 10.5. The number of halogens is 3. The zero-order chi connectivity index (χ0) is 19.5. The van der Waals surface area contributed by atoms with Crippen molar-refractivity contribution in [2.45, 2.75) is 103 Å². The molecule has 0 spiro atoms. The Balaban J connectivity index is 1.23. The standard InChI is InChI=1S/C25H39F3/c1-24-14-13-21-20-11-8-19(25(26,27)28)15-17(20)7-10-22(21)23(24)12-9-18(24)4-2-3-16-5-6-16/h16-23H,2-15H2,1H3. The van der Waals surface area contributed by atoms with Crippen LogP contribution in [0.1, 0.15) is 96.8 Å². The van der Waals surface area contributed by atoms with Gasteiger partial charge in [0.05, 0.1) is 5.92 Å². The second-order valence-electron chi connectivity index (χ2n) is 11.7. The van der Waals surface area contributed by atoms with Gasteiger partial charge in [0.2, 0.25) is 0 Å². The maximum Gasteiger partial charge on any atom is 0.391 e. The van der Waals surface area contributed by atoms with Gasteiger partial charge in [-0.2, -0.15) is 13.2 Å². The fourth-order valence-electron chi connectivity index (χ4n) is 8.79. The Labute approximate surface area is 169 Å². The highest BCUT2D eigenvalue weighted by Crippen LogP contribution is 2.65. The Morgan fingerprint density at radius 1 is 0.786 bits per heavy atom. The number of alkyl halides is 3. The molecule has 0 aromatic rings. The van der Waals surface area contributed by atoms with Gasteiger partial charge in [-0.3, -0.25) is 0 Å². The van der Waals surface area contributed by atoms with Crippen LogP contribution in [0.3, 0.4) is 0 Å². The summed E-state index contributed by atoms with van der Waals surface area (Å²) >= 11 is 0. The van der Waals surface area contributed by atoms with E-state index < -0.39 is 12.1 Å². The van der Waals surface area contributed by atoms with Crippen LogP contribution in [0.2, 0.25) is 0 Å². The summed E-state index contributed by atoms with van der Waals surface area (Å²) in [5, 5.41) is 0. The van der Waals surface area contributed by atoms with Gasteiger partial charge in [0.25, 0.3) is 0 Å². The van der Waals surface area contributed by atoms with E-state index in [0.29, 0.717) is 30.1 Å². The Kier molecular flexibility index (Phi) is 5.07. The van der Waals surface area contributed by atoms with Crippen molar-refractivity contribution in [1.29, 1.82) is 0 Å². The molecule has 8 atom stereocenters. The van der Waals surface area contributed by atoms with Gasteiger partial charge in [-0.25, -0.2) is 0 Å². The first-order valence-corrected chi connectivity index (χ1v) is 12.4. The van der Waals surface area contributed by atoms with Crippen molar-refractivity contribution < 1.29 is 13.2 Å². The van der Waals surface area contributed by atoms with E-state index in [-0.39, 0.29) is 0 Å². The summed E-state index contributed by atoms with van der Waals surface area (Å²) in [6.07, 6.45) is 12.9. The quantitative estimate of drug-likeness (QED) is 0.451. The monoisotopic (exact) mass is 396 g/mol. The van der Waals surface area contributed by atoms with Gasteiger partial charge in [-0.1, -0.05) is 32.6 Å². The normalized spacial score (nSPS) is 48.6. The zero-order valence-electron chi connectivity index (χ0n) is 17.7. The van der Waals surface area contributed by atoms with Gasteiger partial charge < -0.3 is 0 Å². The maximum absolute atomic E-state index is 13.3. The summed E-state index contributed by atoms with van der Waals surface area (Å²) in [7, 11) is 0. The summed E-state index contributed by atoms with van der Waals surface area (Å²) < 4.78 is 39.8. The minimum absolute atomic E-state index is 0.363. The van der Waals surface area contributed by atoms with Gasteiger partial charge in [0, 0.05) is 0 Å². The average Bonchev–Trinajstić information content (AvgIpc) is 3.42. The lowest BCUT2D eigenvalue weighted by molar-refractivity contribution is -0.196. The SMILES string of the molecule is CC12CCC3C4CCC(C(F)(F)F)CC4CCC3C1CCC2CCCC1CC1. The van der Waals surface area contributed by atoms with Crippen LogP contribution < -0.4 is 0 Å². The molecular weight excluding hydrogens is 357 g/mol. The zero-order valence-corrected chi connectivity index (χ0v) is 17.7. The molecule has 0 amide bonds. The molecule has 8 unspecified atom stereocenters. The van der Waals surface area contributed by atoms with Crippen molar-refractivity contribution in [2.24, 2.45) is 52.8 Å². The molecule has 0 saturated heterocycles. The molecule has 0 radical (unpaired) electrons. The Morgan fingerprint density at radius 2 is 1.57 bits per heavy atom. The summed E-state index contributed by atoms with van der Waals surface area (Å²) in [5.41, 5.74) is 0.542. The van der Waals surface area contributed by atoms with E-state index in [4.69, 9.17) is 0 Å². The van der Waals surface area contributed by atoms with Crippen molar-refractivity contribution in [3.63, 3.8) is 0 Å². The first-order chi connectivity index (χ1) is 13.4. The van der Waals surface area contributed by atoms with Crippen molar-refractivity contribution >= 4 is 0 Å². The van der Waals surface area contributed by atoms with Crippen LogP contribution in [-0.4, -0.2) is 6.18 Å². The van der Waals surface area contributed by atoms with Crippen molar-refractivity contribution in [3.05, 3.63) is 0 Å². The predicted molar refractivity (Wildman–Crippen MR) is 107 cm³/mol. The second-order valence-corrected chi connectivity index (χ2v) is 11.7. The molecule has 5 aliphatic carbocycles. The predicted octanol–water partition coefficient (Wildman–Crippen LogP) is 8.01. The first-order valence-electron chi connectivity index (χ1n) is 12.4. The number of hydrogen-bond donors (Lipinski definition) is 0. The summed E-state index contributed by atoms with van der Waals surface area (Å²) in [5.74, 6) is 4.39. The van der Waals surface area contributed by atoms with Crippen LogP contribution in [0.15, 0.2) is 0 Å². The molecule has 0 nitrogen and oxygen atoms in total. The molecule has 5 fully saturated rings. The van der Waals surface area contributed by atoms with Crippen molar-refractivity contribution in [3.8, 4) is 0 Å². The van der Waals surface area contributed by atoms with E-state index in [1.54, 1.807) is 0 Å². The molecule has 28 heavy (non-hydrogen) atoms. The van der Waals surface area contributed by atoms with Gasteiger partial charge in [-0.15, -0.1) is 0 Å². The summed E-state index contributed by atoms with van der Waals surface area (Å²) in [4.78, 5) is 0. The van der Waals surface area contributed by atoms with Crippen LogP contribution in [0, 0.1) is 52.8 Å². The molecule has 0 aliphatic heterocycles. The highest BCUT2D eigenvalue weighted by atomic mass is 19.4. The van der Waals surface area contributed by atoms with E-state index in [1.807, 2.05) is 0 Å². The Morgan fingerprint density at radius 3 is 2.32 bits per heavy atom. The minimum Gasteiger partial charge on any atom is -0.171 e. The fraction of sp³-hybridized carbons (Fsp3) is 1.00. The van der Waals surface area contributed by atoms with E-state index in [9.17, 15) is 13.2 Å². The van der Waals surface area contributed by atoms with Crippen LogP contribution in [0.4, 0.5) is 13.2 Å². The van der Waals surface area contributed by atoms with Gasteiger partial charge in [0.1, 0.15) is 0 Å². The molecule has 0 aromatic heterocycles. The lowest BCUT2D eigenvalue weighted by atomic mass is 9.49. The van der Waals surface area contributed by atoms with Crippen LogP contribution >= 0.6 is 0 Å². The lowest BCUT2D eigenvalue weighted by Gasteiger charge is -2.56. The van der Waals surface area contributed by atoms with Crippen LogP contribution in [-0.2, 0) is 0 Å². The fourth-order valence-corrected chi connectivity index (χ4v) is 8.79. The highest BCUT2D eigenvalue weighted by molar-refractivity contribution is 5.06. The molecule has 160 valence electrons. The Hall–Kier alpha value is -0.210.